The summed E-state index contributed by atoms with van der Waals surface area (Å²) in [6.07, 6.45) is 2.65. The Morgan fingerprint density at radius 2 is 0.697 bits per heavy atom. The summed E-state index contributed by atoms with van der Waals surface area (Å²) in [7, 11) is -0.233. The third-order valence-electron chi connectivity index (χ3n) is 6.76. The van der Waals surface area contributed by atoms with Gasteiger partial charge in [0.2, 0.25) is 0 Å². The summed E-state index contributed by atoms with van der Waals surface area (Å²) in [6, 6.07) is 46.7. The van der Waals surface area contributed by atoms with Crippen LogP contribution in [0.25, 0.3) is 0 Å². The Labute approximate surface area is 202 Å². The first-order chi connectivity index (χ1) is 16.3. The standard InChI is InChI=1S/C29H32P4/c1-3-30-31(4-2)33(28-21-13-7-14-22-28,29-23-15-8-16-24-29)25-32(30,26-17-9-5-10-18-26)27-19-11-6-12-20-27/h5-24H,3-4,25H2,1-2H3/q+2. The number of hydrogen-bond donors (Lipinski definition) is 0. The van der Waals surface area contributed by atoms with Gasteiger partial charge < -0.3 is 0 Å². The first kappa shape index (κ1) is 23.3. The summed E-state index contributed by atoms with van der Waals surface area (Å²) in [5, 5.41) is 6.55. The minimum Gasteiger partial charge on any atom is -0.0620 e. The van der Waals surface area contributed by atoms with E-state index in [1.54, 1.807) is 21.2 Å². The lowest BCUT2D eigenvalue weighted by Crippen LogP contribution is -2.26. The molecule has 4 aromatic carbocycles. The Hall–Kier alpha value is -1.40. The second-order valence-corrected chi connectivity index (χ2v) is 29.2. The minimum atomic E-state index is -1.54. The first-order valence-electron chi connectivity index (χ1n) is 11.8. The van der Waals surface area contributed by atoms with Crippen LogP contribution >= 0.6 is 28.5 Å². The zero-order valence-corrected chi connectivity index (χ0v) is 23.0. The van der Waals surface area contributed by atoms with Crippen LogP contribution in [0.1, 0.15) is 13.8 Å². The Morgan fingerprint density at radius 3 is 0.909 bits per heavy atom. The van der Waals surface area contributed by atoms with Crippen molar-refractivity contribution in [3.63, 3.8) is 0 Å². The molecule has 4 heteroatoms. The molecule has 0 aliphatic carbocycles. The van der Waals surface area contributed by atoms with E-state index in [1.807, 2.05) is 0 Å². The van der Waals surface area contributed by atoms with E-state index in [9.17, 15) is 0 Å². The van der Waals surface area contributed by atoms with Gasteiger partial charge in [0.1, 0.15) is 49.7 Å². The SMILES string of the molecule is CCP1P(CC)[P+](c2ccccc2)(c2ccccc2)C[P+]1(c1ccccc1)c1ccccc1. The lowest BCUT2D eigenvalue weighted by atomic mass is 10.4. The molecule has 0 nitrogen and oxygen atoms in total. The molecular weight excluding hydrogens is 472 g/mol. The highest BCUT2D eigenvalue weighted by molar-refractivity contribution is 8.91. The van der Waals surface area contributed by atoms with Crippen molar-refractivity contribution < 1.29 is 0 Å². The molecule has 1 saturated heterocycles. The van der Waals surface area contributed by atoms with E-state index in [2.05, 4.69) is 135 Å². The van der Waals surface area contributed by atoms with Crippen LogP contribution < -0.4 is 21.2 Å². The monoisotopic (exact) mass is 504 g/mol. The zero-order valence-electron chi connectivity index (χ0n) is 19.5. The average Bonchev–Trinajstić information content (AvgIpc) is 3.23. The average molecular weight is 504 g/mol. The summed E-state index contributed by atoms with van der Waals surface area (Å²) in [5.74, 6) is 1.36. The normalized spacial score (nSPS) is 21.0. The van der Waals surface area contributed by atoms with Crippen LogP contribution in [0.4, 0.5) is 0 Å². The van der Waals surface area contributed by atoms with Crippen molar-refractivity contribution in [1.82, 2.24) is 0 Å². The van der Waals surface area contributed by atoms with E-state index in [0.29, 0.717) is 0 Å². The number of hydrogen-bond acceptors (Lipinski definition) is 0. The Morgan fingerprint density at radius 1 is 0.455 bits per heavy atom. The van der Waals surface area contributed by atoms with Crippen molar-refractivity contribution in [3.8, 4) is 0 Å². The third kappa shape index (κ3) is 3.85. The fourth-order valence-corrected chi connectivity index (χ4v) is 59.7. The summed E-state index contributed by atoms with van der Waals surface area (Å²) in [5.41, 5.74) is 0. The van der Waals surface area contributed by atoms with E-state index in [4.69, 9.17) is 0 Å². The zero-order chi connectivity index (χ0) is 22.7. The van der Waals surface area contributed by atoms with Crippen molar-refractivity contribution in [3.05, 3.63) is 121 Å². The van der Waals surface area contributed by atoms with Crippen molar-refractivity contribution in [2.75, 3.05) is 18.2 Å². The Balaban J connectivity index is 1.86. The molecule has 0 aromatic heterocycles. The number of rotatable bonds is 6. The third-order valence-corrected chi connectivity index (χ3v) is 43.3. The predicted octanol–water partition coefficient (Wildman–Crippen LogP) is 8.04. The lowest BCUT2D eigenvalue weighted by Gasteiger charge is -2.26. The predicted molar refractivity (Wildman–Crippen MR) is 158 cm³/mol. The quantitative estimate of drug-likeness (QED) is 0.233. The van der Waals surface area contributed by atoms with Gasteiger partial charge in [-0.15, -0.1) is 0 Å². The van der Waals surface area contributed by atoms with E-state index < -0.39 is 13.9 Å². The molecule has 0 saturated carbocycles. The van der Waals surface area contributed by atoms with E-state index in [-0.39, 0.29) is 14.6 Å². The van der Waals surface area contributed by atoms with Crippen LogP contribution in [-0.2, 0) is 0 Å². The molecule has 1 aliphatic rings. The van der Waals surface area contributed by atoms with Gasteiger partial charge in [-0.1, -0.05) is 86.6 Å². The van der Waals surface area contributed by atoms with Gasteiger partial charge in [0.25, 0.3) is 0 Å². The molecule has 166 valence electrons. The molecule has 4 aromatic rings. The molecule has 33 heavy (non-hydrogen) atoms. The number of benzene rings is 4. The smallest absolute Gasteiger partial charge is 0.0620 e. The molecule has 0 amide bonds. The molecule has 0 spiro atoms. The second kappa shape index (κ2) is 10.1. The van der Waals surface area contributed by atoms with Gasteiger partial charge in [-0.05, 0) is 48.5 Å². The molecule has 1 aliphatic heterocycles. The Bertz CT molecular complexity index is 989. The van der Waals surface area contributed by atoms with Crippen LogP contribution in [0.2, 0.25) is 0 Å². The van der Waals surface area contributed by atoms with Crippen molar-refractivity contribution >= 4 is 49.7 Å². The van der Waals surface area contributed by atoms with Crippen molar-refractivity contribution in [2.24, 2.45) is 0 Å². The summed E-state index contributed by atoms with van der Waals surface area (Å²) in [4.78, 5) is 0. The van der Waals surface area contributed by atoms with E-state index >= 15 is 0 Å². The van der Waals surface area contributed by atoms with Gasteiger partial charge in [-0.3, -0.25) is 0 Å². The summed E-state index contributed by atoms with van der Waals surface area (Å²) < 4.78 is 0. The maximum Gasteiger partial charge on any atom is 0.184 e. The molecule has 0 bridgehead atoms. The lowest BCUT2D eigenvalue weighted by molar-refractivity contribution is 1.51. The van der Waals surface area contributed by atoms with Gasteiger partial charge in [0.05, 0.1) is 0 Å². The molecule has 2 unspecified atom stereocenters. The molecule has 1 heterocycles. The van der Waals surface area contributed by atoms with Crippen LogP contribution in [-0.4, -0.2) is 18.2 Å². The molecule has 1 fully saturated rings. The maximum absolute atomic E-state index is 2.49. The van der Waals surface area contributed by atoms with Crippen molar-refractivity contribution in [2.45, 2.75) is 13.8 Å². The van der Waals surface area contributed by atoms with Crippen LogP contribution in [0.15, 0.2) is 121 Å². The summed E-state index contributed by atoms with van der Waals surface area (Å²) >= 11 is 0. The largest absolute Gasteiger partial charge is 0.184 e. The second-order valence-electron chi connectivity index (χ2n) is 8.40. The van der Waals surface area contributed by atoms with Crippen LogP contribution in [0.3, 0.4) is 0 Å². The van der Waals surface area contributed by atoms with E-state index in [0.717, 1.165) is 0 Å². The highest BCUT2D eigenvalue weighted by Gasteiger charge is 2.75. The fourth-order valence-electron chi connectivity index (χ4n) is 5.46. The maximum atomic E-state index is 2.49. The summed E-state index contributed by atoms with van der Waals surface area (Å²) in [6.45, 7) is 1.90. The van der Waals surface area contributed by atoms with Gasteiger partial charge >= 0.3 is 0 Å². The molecule has 2 atom stereocenters. The van der Waals surface area contributed by atoms with Gasteiger partial charge in [0.15, 0.2) is 5.90 Å². The minimum absolute atomic E-state index is 0.116. The van der Waals surface area contributed by atoms with Gasteiger partial charge in [-0.2, -0.15) is 0 Å². The van der Waals surface area contributed by atoms with Crippen LogP contribution in [0, 0.1) is 0 Å². The van der Waals surface area contributed by atoms with Gasteiger partial charge in [-0.25, -0.2) is 0 Å². The topological polar surface area (TPSA) is 0 Å². The van der Waals surface area contributed by atoms with Crippen molar-refractivity contribution in [1.29, 1.82) is 0 Å². The highest BCUT2D eigenvalue weighted by Crippen LogP contribution is 3.15. The molecule has 0 radical (unpaired) electrons. The Kier molecular flexibility index (Phi) is 7.12. The van der Waals surface area contributed by atoms with Gasteiger partial charge in [0, 0.05) is 12.3 Å². The molecule has 5 rings (SSSR count). The molecule has 0 N–H and O–H groups in total. The van der Waals surface area contributed by atoms with E-state index in [1.165, 1.54) is 18.2 Å². The first-order valence-corrected chi connectivity index (χ1v) is 20.9. The van der Waals surface area contributed by atoms with Crippen LogP contribution in [0.5, 0.6) is 0 Å². The highest BCUT2D eigenvalue weighted by atomic mass is 32.7. The molecular formula is C29H32P4+2. The fraction of sp³-hybridized carbons (Fsp3) is 0.172.